The maximum absolute atomic E-state index is 3.84. The molecule has 1 aromatic heterocycles. The van der Waals surface area contributed by atoms with Gasteiger partial charge in [-0.2, -0.15) is 0 Å². The Morgan fingerprint density at radius 3 is 2.50 bits per heavy atom. The van der Waals surface area contributed by atoms with E-state index in [2.05, 4.69) is 11.6 Å². The topological polar surface area (TPSA) is 15.8 Å². The van der Waals surface area contributed by atoms with Crippen LogP contribution < -0.4 is 10.6 Å². The number of aromatic nitrogens is 1. The molecule has 0 saturated heterocycles. The van der Waals surface area contributed by atoms with Crippen LogP contribution in [-0.2, 0) is 0 Å². The summed E-state index contributed by atoms with van der Waals surface area (Å²) >= 11 is 0. The molecule has 0 spiro atoms. The zero-order chi connectivity index (χ0) is 9.40. The van der Waals surface area contributed by atoms with E-state index in [1.807, 2.05) is 51.3 Å². The van der Waals surface area contributed by atoms with Crippen LogP contribution in [0.5, 0.6) is 0 Å². The lowest BCUT2D eigenvalue weighted by molar-refractivity contribution is 1.32. The first kappa shape index (κ1) is 10.8. The third kappa shape index (κ3) is 3.24. The van der Waals surface area contributed by atoms with Gasteiger partial charge in [-0.05, 0) is 24.3 Å². The van der Waals surface area contributed by atoms with Gasteiger partial charge in [-0.25, -0.2) is 0 Å². The summed E-state index contributed by atoms with van der Waals surface area (Å²) in [6.07, 6.45) is 7.86. The molecule has 0 amide bonds. The summed E-state index contributed by atoms with van der Waals surface area (Å²) in [6.45, 7) is 9.83. The van der Waals surface area contributed by atoms with E-state index in [0.717, 1.165) is 10.6 Å². The van der Waals surface area contributed by atoms with Crippen LogP contribution in [0.4, 0.5) is 0 Å². The fourth-order valence-electron chi connectivity index (χ4n) is 0.762. The van der Waals surface area contributed by atoms with Crippen molar-refractivity contribution in [3.05, 3.63) is 35.0 Å². The van der Waals surface area contributed by atoms with Crippen LogP contribution in [0, 0.1) is 0 Å². The van der Waals surface area contributed by atoms with E-state index in [4.69, 9.17) is 0 Å². The van der Waals surface area contributed by atoms with E-state index in [1.165, 1.54) is 0 Å². The SMILES string of the molecule is C=c1cc[nH]/c1=C/C=C\C.CC. The maximum Gasteiger partial charge on any atom is 0.0447 e. The molecule has 12 heavy (non-hydrogen) atoms. The highest BCUT2D eigenvalue weighted by molar-refractivity contribution is 5.34. The lowest BCUT2D eigenvalue weighted by Crippen LogP contribution is -2.19. The van der Waals surface area contributed by atoms with Gasteiger partial charge in [0.15, 0.2) is 0 Å². The fraction of sp³-hybridized carbons (Fsp3) is 0.273. The first-order valence-electron chi connectivity index (χ1n) is 4.30. The normalized spacial score (nSPS) is 11.4. The molecule has 1 N–H and O–H groups in total. The highest BCUT2D eigenvalue weighted by Crippen LogP contribution is 1.69. The molecule has 0 unspecified atom stereocenters. The molecule has 0 aliphatic carbocycles. The Balaban J connectivity index is 0.000000561. The smallest absolute Gasteiger partial charge is 0.0447 e. The van der Waals surface area contributed by atoms with Gasteiger partial charge in [-0.3, -0.25) is 0 Å². The Morgan fingerprint density at radius 2 is 2.08 bits per heavy atom. The summed E-state index contributed by atoms with van der Waals surface area (Å²) in [6, 6.07) is 1.95. The molecular weight excluding hydrogens is 146 g/mol. The Labute approximate surface area is 74.1 Å². The van der Waals surface area contributed by atoms with Crippen LogP contribution >= 0.6 is 0 Å². The Hall–Kier alpha value is -1.24. The lowest BCUT2D eigenvalue weighted by Gasteiger charge is -1.73. The number of rotatable bonds is 1. The number of H-pyrrole nitrogens is 1. The largest absolute Gasteiger partial charge is 0.361 e. The monoisotopic (exact) mass is 163 g/mol. The van der Waals surface area contributed by atoms with E-state index < -0.39 is 0 Å². The third-order valence-electron chi connectivity index (χ3n) is 1.32. The zero-order valence-electron chi connectivity index (χ0n) is 8.09. The van der Waals surface area contributed by atoms with Crippen LogP contribution in [0.15, 0.2) is 24.4 Å². The highest BCUT2D eigenvalue weighted by Gasteiger charge is 1.77. The maximum atomic E-state index is 3.84. The summed E-state index contributed by atoms with van der Waals surface area (Å²) in [5.74, 6) is 0. The summed E-state index contributed by atoms with van der Waals surface area (Å²) in [5, 5.41) is 2.12. The van der Waals surface area contributed by atoms with Crippen molar-refractivity contribution in [3.8, 4) is 0 Å². The number of hydrogen-bond acceptors (Lipinski definition) is 0. The molecule has 1 heterocycles. The van der Waals surface area contributed by atoms with Crippen LogP contribution in [0.1, 0.15) is 20.8 Å². The molecule has 1 nitrogen and oxygen atoms in total. The van der Waals surface area contributed by atoms with Gasteiger partial charge >= 0.3 is 0 Å². The van der Waals surface area contributed by atoms with Gasteiger partial charge in [0.1, 0.15) is 0 Å². The minimum Gasteiger partial charge on any atom is -0.361 e. The van der Waals surface area contributed by atoms with Crippen molar-refractivity contribution in [2.75, 3.05) is 0 Å². The number of allylic oxidation sites excluding steroid dienone is 2. The van der Waals surface area contributed by atoms with E-state index in [1.54, 1.807) is 0 Å². The average Bonchev–Trinajstić information content (AvgIpc) is 2.51. The second-order valence-corrected chi connectivity index (χ2v) is 2.11. The van der Waals surface area contributed by atoms with Crippen LogP contribution in [0.25, 0.3) is 12.7 Å². The molecule has 0 atom stereocenters. The molecule has 0 saturated carbocycles. The minimum atomic E-state index is 1.04. The molecule has 1 heteroatoms. The van der Waals surface area contributed by atoms with Gasteiger partial charge in [-0.15, -0.1) is 0 Å². The number of nitrogens with one attached hydrogen (secondary N) is 1. The summed E-state index contributed by atoms with van der Waals surface area (Å²) in [5.41, 5.74) is 0. The van der Waals surface area contributed by atoms with E-state index in [9.17, 15) is 0 Å². The summed E-state index contributed by atoms with van der Waals surface area (Å²) in [7, 11) is 0. The van der Waals surface area contributed by atoms with Crippen molar-refractivity contribution in [3.63, 3.8) is 0 Å². The quantitative estimate of drug-likeness (QED) is 0.650. The van der Waals surface area contributed by atoms with Gasteiger partial charge in [-0.1, -0.05) is 32.6 Å². The average molecular weight is 163 g/mol. The van der Waals surface area contributed by atoms with E-state index in [-0.39, 0.29) is 0 Å². The zero-order valence-corrected chi connectivity index (χ0v) is 8.09. The van der Waals surface area contributed by atoms with Crippen molar-refractivity contribution in [2.24, 2.45) is 0 Å². The molecule has 0 aliphatic rings. The fourth-order valence-corrected chi connectivity index (χ4v) is 0.762. The highest BCUT2D eigenvalue weighted by atomic mass is 14.6. The van der Waals surface area contributed by atoms with Crippen LogP contribution in [0.2, 0.25) is 0 Å². The van der Waals surface area contributed by atoms with Crippen LogP contribution in [0.3, 0.4) is 0 Å². The summed E-state index contributed by atoms with van der Waals surface area (Å²) < 4.78 is 0. The van der Waals surface area contributed by atoms with Gasteiger partial charge in [0, 0.05) is 11.5 Å². The Kier molecular flexibility index (Phi) is 5.80. The summed E-state index contributed by atoms with van der Waals surface area (Å²) in [4.78, 5) is 3.07. The molecule has 0 aliphatic heterocycles. The molecule has 0 bridgehead atoms. The second kappa shape index (κ2) is 6.47. The molecule has 1 rings (SSSR count). The lowest BCUT2D eigenvalue weighted by atomic mass is 10.4. The molecule has 1 aromatic rings. The van der Waals surface area contributed by atoms with Crippen molar-refractivity contribution >= 4 is 12.7 Å². The Bertz CT molecular complexity index is 317. The second-order valence-electron chi connectivity index (χ2n) is 2.11. The predicted molar refractivity (Wildman–Crippen MR) is 56.2 cm³/mol. The van der Waals surface area contributed by atoms with Gasteiger partial charge in [0.25, 0.3) is 0 Å². The van der Waals surface area contributed by atoms with E-state index >= 15 is 0 Å². The van der Waals surface area contributed by atoms with Crippen molar-refractivity contribution in [2.45, 2.75) is 20.8 Å². The third-order valence-corrected chi connectivity index (χ3v) is 1.32. The molecular formula is C11H17N. The van der Waals surface area contributed by atoms with Gasteiger partial charge in [0.05, 0.1) is 0 Å². The number of hydrogen-bond donors (Lipinski definition) is 1. The van der Waals surface area contributed by atoms with Gasteiger partial charge in [0.2, 0.25) is 0 Å². The standard InChI is InChI=1S/C9H11N.C2H6/c1-3-4-5-9-8(2)6-7-10-9;1-2/h3-7,10H,2H2,1H3;1-2H3/b4-3-,9-5+;. The molecule has 66 valence electrons. The minimum absolute atomic E-state index is 1.04. The Morgan fingerprint density at radius 1 is 1.42 bits per heavy atom. The van der Waals surface area contributed by atoms with Crippen molar-refractivity contribution in [1.29, 1.82) is 0 Å². The van der Waals surface area contributed by atoms with Crippen molar-refractivity contribution in [1.82, 2.24) is 4.98 Å². The van der Waals surface area contributed by atoms with Crippen molar-refractivity contribution < 1.29 is 0 Å². The first-order chi connectivity index (χ1) is 5.84. The number of aromatic amines is 1. The predicted octanol–water partition coefficient (Wildman–Crippen LogP) is 1.81. The molecule has 0 fully saturated rings. The molecule has 0 aromatic carbocycles. The van der Waals surface area contributed by atoms with Gasteiger partial charge < -0.3 is 4.98 Å². The molecule has 0 radical (unpaired) electrons. The van der Waals surface area contributed by atoms with E-state index in [0.29, 0.717) is 0 Å². The first-order valence-corrected chi connectivity index (χ1v) is 4.30. The van der Waals surface area contributed by atoms with Crippen LogP contribution in [-0.4, -0.2) is 4.98 Å².